The quantitative estimate of drug-likeness (QED) is 0.706. The van der Waals surface area contributed by atoms with Gasteiger partial charge in [0.05, 0.1) is 0 Å². The van der Waals surface area contributed by atoms with Crippen LogP contribution in [0.25, 0.3) is 0 Å². The van der Waals surface area contributed by atoms with Crippen molar-refractivity contribution in [3.63, 3.8) is 0 Å². The van der Waals surface area contributed by atoms with E-state index in [1.165, 1.54) is 4.88 Å². The predicted octanol–water partition coefficient (Wildman–Crippen LogP) is 3.38. The number of amides is 2. The van der Waals surface area contributed by atoms with E-state index in [1.54, 1.807) is 40.5 Å². The summed E-state index contributed by atoms with van der Waals surface area (Å²) in [6.07, 6.45) is 3.29. The van der Waals surface area contributed by atoms with Gasteiger partial charge in [0, 0.05) is 35.6 Å². The number of carbonyl (C=O) groups excluding carboxylic acids is 3. The van der Waals surface area contributed by atoms with Crippen LogP contribution in [0.2, 0.25) is 0 Å². The first-order valence-electron chi connectivity index (χ1n) is 9.00. The molecule has 0 spiro atoms. The molecule has 0 saturated carbocycles. The second-order valence-electron chi connectivity index (χ2n) is 6.34. The van der Waals surface area contributed by atoms with Crippen LogP contribution >= 0.6 is 11.3 Å². The SMILES string of the molecule is O=C(COC(=O)CCCc1cccs1)Nc1ccc(N2CCCC2=O)cc1. The number of ether oxygens (including phenoxy) is 1. The minimum Gasteiger partial charge on any atom is -0.456 e. The molecule has 3 rings (SSSR count). The van der Waals surface area contributed by atoms with Gasteiger partial charge in [-0.3, -0.25) is 14.4 Å². The number of carbonyl (C=O) groups is 3. The molecule has 6 nitrogen and oxygen atoms in total. The lowest BCUT2D eigenvalue weighted by atomic mass is 10.2. The number of hydrogen-bond donors (Lipinski definition) is 1. The average Bonchev–Trinajstić information content (AvgIpc) is 3.32. The van der Waals surface area contributed by atoms with Crippen molar-refractivity contribution < 1.29 is 19.1 Å². The van der Waals surface area contributed by atoms with Crippen molar-refractivity contribution >= 4 is 40.5 Å². The second-order valence-corrected chi connectivity index (χ2v) is 7.37. The molecule has 0 aliphatic carbocycles. The summed E-state index contributed by atoms with van der Waals surface area (Å²) in [7, 11) is 0. The Bertz CT molecular complexity index is 787. The molecule has 1 aliphatic rings. The van der Waals surface area contributed by atoms with Crippen molar-refractivity contribution in [3.8, 4) is 0 Å². The number of nitrogens with zero attached hydrogens (tertiary/aromatic N) is 1. The van der Waals surface area contributed by atoms with Gasteiger partial charge in [-0.2, -0.15) is 0 Å². The molecule has 0 unspecified atom stereocenters. The first-order valence-corrected chi connectivity index (χ1v) is 9.88. The maximum atomic E-state index is 11.9. The van der Waals surface area contributed by atoms with Crippen LogP contribution in [-0.4, -0.2) is 30.9 Å². The Morgan fingerprint density at radius 3 is 2.67 bits per heavy atom. The smallest absolute Gasteiger partial charge is 0.306 e. The molecule has 142 valence electrons. The van der Waals surface area contributed by atoms with Crippen molar-refractivity contribution in [2.75, 3.05) is 23.4 Å². The Balaban J connectivity index is 1.37. The molecule has 1 fully saturated rings. The molecule has 2 amide bonds. The molecule has 1 aromatic heterocycles. The van der Waals surface area contributed by atoms with E-state index in [1.807, 2.05) is 17.5 Å². The van der Waals surface area contributed by atoms with Crippen molar-refractivity contribution in [1.82, 2.24) is 0 Å². The van der Waals surface area contributed by atoms with Gasteiger partial charge in [-0.05, 0) is 55.0 Å². The third kappa shape index (κ3) is 5.65. The maximum Gasteiger partial charge on any atom is 0.306 e. The van der Waals surface area contributed by atoms with E-state index in [0.29, 0.717) is 24.9 Å². The van der Waals surface area contributed by atoms with E-state index in [-0.39, 0.29) is 24.4 Å². The van der Waals surface area contributed by atoms with Crippen LogP contribution in [-0.2, 0) is 25.5 Å². The summed E-state index contributed by atoms with van der Waals surface area (Å²) in [5.41, 5.74) is 1.43. The Hall–Kier alpha value is -2.67. The first-order chi connectivity index (χ1) is 13.1. The zero-order valence-corrected chi connectivity index (χ0v) is 15.8. The van der Waals surface area contributed by atoms with Crippen molar-refractivity contribution in [3.05, 3.63) is 46.7 Å². The molecule has 27 heavy (non-hydrogen) atoms. The maximum absolute atomic E-state index is 11.9. The van der Waals surface area contributed by atoms with Gasteiger partial charge >= 0.3 is 5.97 Å². The highest BCUT2D eigenvalue weighted by Crippen LogP contribution is 2.23. The lowest BCUT2D eigenvalue weighted by molar-refractivity contribution is -0.147. The molecule has 0 atom stereocenters. The van der Waals surface area contributed by atoms with Crippen LogP contribution in [0.15, 0.2) is 41.8 Å². The number of esters is 1. The van der Waals surface area contributed by atoms with Gasteiger partial charge < -0.3 is 15.0 Å². The zero-order valence-electron chi connectivity index (χ0n) is 15.0. The molecule has 0 bridgehead atoms. The summed E-state index contributed by atoms with van der Waals surface area (Å²) in [5.74, 6) is -0.631. The summed E-state index contributed by atoms with van der Waals surface area (Å²) in [6, 6.07) is 11.1. The fraction of sp³-hybridized carbons (Fsp3) is 0.350. The van der Waals surface area contributed by atoms with Gasteiger partial charge in [0.2, 0.25) is 5.91 Å². The number of hydrogen-bond acceptors (Lipinski definition) is 5. The number of nitrogens with one attached hydrogen (secondary N) is 1. The summed E-state index contributed by atoms with van der Waals surface area (Å²) in [5, 5.41) is 4.69. The third-order valence-corrected chi connectivity index (χ3v) is 5.22. The van der Waals surface area contributed by atoms with Gasteiger partial charge in [0.1, 0.15) is 0 Å². The average molecular weight is 386 g/mol. The van der Waals surface area contributed by atoms with Crippen molar-refractivity contribution in [2.24, 2.45) is 0 Å². The summed E-state index contributed by atoms with van der Waals surface area (Å²) >= 11 is 1.67. The predicted molar refractivity (Wildman–Crippen MR) is 105 cm³/mol. The van der Waals surface area contributed by atoms with Gasteiger partial charge in [-0.25, -0.2) is 0 Å². The highest BCUT2D eigenvalue weighted by atomic mass is 32.1. The normalized spacial score (nSPS) is 13.6. The Morgan fingerprint density at radius 2 is 2.00 bits per heavy atom. The molecule has 2 heterocycles. The number of benzene rings is 1. The van der Waals surface area contributed by atoms with Crippen LogP contribution in [0, 0.1) is 0 Å². The number of rotatable bonds is 8. The molecule has 1 N–H and O–H groups in total. The third-order valence-electron chi connectivity index (χ3n) is 4.28. The lowest BCUT2D eigenvalue weighted by Gasteiger charge is -2.16. The van der Waals surface area contributed by atoms with Gasteiger partial charge in [-0.15, -0.1) is 11.3 Å². The summed E-state index contributed by atoms with van der Waals surface area (Å²) in [4.78, 5) is 38.3. The van der Waals surface area contributed by atoms with E-state index < -0.39 is 0 Å². The molecule has 1 aromatic carbocycles. The monoisotopic (exact) mass is 386 g/mol. The van der Waals surface area contributed by atoms with Crippen molar-refractivity contribution in [2.45, 2.75) is 32.1 Å². The zero-order chi connectivity index (χ0) is 19.1. The van der Waals surface area contributed by atoms with E-state index in [2.05, 4.69) is 5.32 Å². The minimum absolute atomic E-state index is 0.123. The highest BCUT2D eigenvalue weighted by molar-refractivity contribution is 7.09. The minimum atomic E-state index is -0.383. The molecule has 7 heteroatoms. The van der Waals surface area contributed by atoms with E-state index in [9.17, 15) is 14.4 Å². The fourth-order valence-corrected chi connectivity index (χ4v) is 3.67. The summed E-state index contributed by atoms with van der Waals surface area (Å²) in [6.45, 7) is 0.428. The Morgan fingerprint density at radius 1 is 1.19 bits per heavy atom. The highest BCUT2D eigenvalue weighted by Gasteiger charge is 2.21. The fourth-order valence-electron chi connectivity index (χ4n) is 2.92. The molecule has 1 aliphatic heterocycles. The number of anilines is 2. The molecular weight excluding hydrogens is 364 g/mol. The van der Waals surface area contributed by atoms with Gasteiger partial charge in [0.15, 0.2) is 6.61 Å². The molecule has 0 radical (unpaired) electrons. The second kappa shape index (κ2) is 9.32. The number of aryl methyl sites for hydroxylation is 1. The summed E-state index contributed by atoms with van der Waals surface area (Å²) < 4.78 is 5.01. The lowest BCUT2D eigenvalue weighted by Crippen LogP contribution is -2.23. The van der Waals surface area contributed by atoms with Crippen LogP contribution in [0.5, 0.6) is 0 Å². The van der Waals surface area contributed by atoms with Crippen LogP contribution < -0.4 is 10.2 Å². The molecular formula is C20H22N2O4S. The topological polar surface area (TPSA) is 75.7 Å². The van der Waals surface area contributed by atoms with Gasteiger partial charge in [0.25, 0.3) is 5.91 Å². The van der Waals surface area contributed by atoms with Gasteiger partial charge in [-0.1, -0.05) is 6.07 Å². The van der Waals surface area contributed by atoms with E-state index in [4.69, 9.17) is 4.74 Å². The van der Waals surface area contributed by atoms with E-state index >= 15 is 0 Å². The van der Waals surface area contributed by atoms with Crippen LogP contribution in [0.3, 0.4) is 0 Å². The van der Waals surface area contributed by atoms with Crippen LogP contribution in [0.4, 0.5) is 11.4 Å². The van der Waals surface area contributed by atoms with Crippen LogP contribution in [0.1, 0.15) is 30.6 Å². The Kier molecular flexibility index (Phi) is 6.59. The first kappa shape index (κ1) is 19.1. The largest absolute Gasteiger partial charge is 0.456 e. The number of thiophene rings is 1. The van der Waals surface area contributed by atoms with E-state index in [0.717, 1.165) is 25.1 Å². The standard InChI is InChI=1S/C20H22N2O4S/c23-18(14-26-20(25)7-1-4-17-5-3-13-27-17)21-15-8-10-16(11-9-15)22-12-2-6-19(22)24/h3,5,8-11,13H,1-2,4,6-7,12,14H2,(H,21,23). The Labute approximate surface area is 162 Å². The molecule has 1 saturated heterocycles. The molecule has 2 aromatic rings. The van der Waals surface area contributed by atoms with Crippen molar-refractivity contribution in [1.29, 1.82) is 0 Å².